The van der Waals surface area contributed by atoms with Crippen LogP contribution >= 0.6 is 0 Å². The van der Waals surface area contributed by atoms with Crippen LogP contribution in [-0.2, 0) is 0 Å². The second kappa shape index (κ2) is 4.72. The Kier molecular flexibility index (Phi) is 3.29. The number of hydrogen-bond donors (Lipinski definition) is 1. The number of furan rings is 1. The van der Waals surface area contributed by atoms with E-state index in [1.165, 1.54) is 0 Å². The molecular formula is C14H17NO2. The molecule has 17 heavy (non-hydrogen) atoms. The molecule has 1 atom stereocenters. The number of ketones is 1. The van der Waals surface area contributed by atoms with Crippen LogP contribution in [0.1, 0.15) is 35.9 Å². The molecule has 1 heterocycles. The number of carbonyl (C=O) groups excluding carboxylic acids is 1. The fourth-order valence-corrected chi connectivity index (χ4v) is 1.78. The molecule has 90 valence electrons. The summed E-state index contributed by atoms with van der Waals surface area (Å²) < 4.78 is 5.53. The second-order valence-electron chi connectivity index (χ2n) is 4.59. The third-order valence-corrected chi connectivity index (χ3v) is 2.77. The fraction of sp³-hybridized carbons (Fsp3) is 0.357. The van der Waals surface area contributed by atoms with Crippen LogP contribution in [0.2, 0.25) is 0 Å². The first kappa shape index (κ1) is 11.9. The Morgan fingerprint density at radius 3 is 2.88 bits per heavy atom. The van der Waals surface area contributed by atoms with E-state index in [0.29, 0.717) is 18.6 Å². The van der Waals surface area contributed by atoms with E-state index in [0.717, 1.165) is 16.5 Å². The maximum atomic E-state index is 11.9. The molecule has 0 aliphatic heterocycles. The predicted octanol–water partition coefficient (Wildman–Crippen LogP) is 3.05. The van der Waals surface area contributed by atoms with Crippen LogP contribution in [0.5, 0.6) is 0 Å². The number of fused-ring (bicyclic) bond motifs is 1. The quantitative estimate of drug-likeness (QED) is 0.823. The fourth-order valence-electron chi connectivity index (χ4n) is 1.78. The van der Waals surface area contributed by atoms with E-state index in [9.17, 15) is 4.79 Å². The number of hydrogen-bond acceptors (Lipinski definition) is 3. The van der Waals surface area contributed by atoms with E-state index in [-0.39, 0.29) is 11.8 Å². The number of nitrogens with two attached hydrogens (primary N) is 1. The van der Waals surface area contributed by atoms with Gasteiger partial charge in [0.25, 0.3) is 0 Å². The lowest BCUT2D eigenvalue weighted by Crippen LogP contribution is -2.16. The zero-order valence-electron chi connectivity index (χ0n) is 10.2. The van der Waals surface area contributed by atoms with Crippen molar-refractivity contribution in [3.63, 3.8) is 0 Å². The first-order chi connectivity index (χ1) is 8.06. The molecule has 0 amide bonds. The van der Waals surface area contributed by atoms with Crippen LogP contribution in [0.15, 0.2) is 28.7 Å². The van der Waals surface area contributed by atoms with Crippen LogP contribution in [0.3, 0.4) is 0 Å². The van der Waals surface area contributed by atoms with Crippen molar-refractivity contribution in [3.8, 4) is 0 Å². The molecule has 1 aromatic carbocycles. The van der Waals surface area contributed by atoms with Crippen molar-refractivity contribution in [2.24, 2.45) is 5.73 Å². The highest BCUT2D eigenvalue weighted by Gasteiger charge is 2.12. The van der Waals surface area contributed by atoms with Gasteiger partial charge in [-0.15, -0.1) is 0 Å². The van der Waals surface area contributed by atoms with Gasteiger partial charge in [0.05, 0.1) is 0 Å². The van der Waals surface area contributed by atoms with Crippen molar-refractivity contribution in [1.29, 1.82) is 0 Å². The minimum absolute atomic E-state index is 0.0242. The Labute approximate surface area is 101 Å². The van der Waals surface area contributed by atoms with Crippen LogP contribution in [0.25, 0.3) is 11.0 Å². The van der Waals surface area contributed by atoms with Gasteiger partial charge in [-0.3, -0.25) is 4.79 Å². The van der Waals surface area contributed by atoms with E-state index in [1.807, 2.05) is 38.1 Å². The first-order valence-electron chi connectivity index (χ1n) is 5.85. The Hall–Kier alpha value is -1.61. The lowest BCUT2D eigenvalue weighted by atomic mass is 10.1. The van der Waals surface area contributed by atoms with Crippen molar-refractivity contribution in [3.05, 3.63) is 35.6 Å². The molecule has 3 nitrogen and oxygen atoms in total. The van der Waals surface area contributed by atoms with Crippen molar-refractivity contribution in [1.82, 2.24) is 0 Å². The smallest absolute Gasteiger partial charge is 0.198 e. The van der Waals surface area contributed by atoms with Crippen molar-refractivity contribution < 1.29 is 9.21 Å². The van der Waals surface area contributed by atoms with Crippen molar-refractivity contribution in [2.75, 3.05) is 0 Å². The SMILES string of the molecule is Cc1ccc2oc(C(=O)CCC(C)N)cc2c1. The number of Topliss-reactive ketones (excluding diaryl/α,β-unsaturated/α-hetero) is 1. The number of rotatable bonds is 4. The van der Waals surface area contributed by atoms with Gasteiger partial charge in [0.1, 0.15) is 5.58 Å². The normalized spacial score (nSPS) is 12.9. The van der Waals surface area contributed by atoms with Crippen molar-refractivity contribution in [2.45, 2.75) is 32.7 Å². The third-order valence-electron chi connectivity index (χ3n) is 2.77. The summed E-state index contributed by atoms with van der Waals surface area (Å²) in [5, 5.41) is 0.981. The molecule has 1 unspecified atom stereocenters. The van der Waals surface area contributed by atoms with Gasteiger partial charge in [-0.1, -0.05) is 11.6 Å². The van der Waals surface area contributed by atoms with Gasteiger partial charge in [0.2, 0.25) is 0 Å². The standard InChI is InChI=1S/C14H17NO2/c1-9-3-6-13-11(7-9)8-14(17-13)12(16)5-4-10(2)15/h3,6-8,10H,4-5,15H2,1-2H3. The molecule has 0 fully saturated rings. The van der Waals surface area contributed by atoms with E-state index in [1.54, 1.807) is 0 Å². The van der Waals surface area contributed by atoms with Gasteiger partial charge >= 0.3 is 0 Å². The molecular weight excluding hydrogens is 214 g/mol. The van der Waals surface area contributed by atoms with Crippen LogP contribution < -0.4 is 5.73 Å². The zero-order valence-corrected chi connectivity index (χ0v) is 10.2. The second-order valence-corrected chi connectivity index (χ2v) is 4.59. The maximum Gasteiger partial charge on any atom is 0.198 e. The molecule has 0 radical (unpaired) electrons. The molecule has 0 aliphatic carbocycles. The minimum Gasteiger partial charge on any atom is -0.453 e. The van der Waals surface area contributed by atoms with E-state index >= 15 is 0 Å². The average Bonchev–Trinajstić information content (AvgIpc) is 2.68. The van der Waals surface area contributed by atoms with Crippen molar-refractivity contribution >= 4 is 16.8 Å². The number of benzene rings is 1. The van der Waals surface area contributed by atoms with Crippen LogP contribution in [-0.4, -0.2) is 11.8 Å². The molecule has 0 saturated heterocycles. The predicted molar refractivity (Wildman–Crippen MR) is 68.2 cm³/mol. The summed E-state index contributed by atoms with van der Waals surface area (Å²) in [5.41, 5.74) is 7.55. The first-order valence-corrected chi connectivity index (χ1v) is 5.85. The van der Waals surface area contributed by atoms with Gasteiger partial charge in [0, 0.05) is 17.8 Å². The molecule has 2 N–H and O–H groups in total. The van der Waals surface area contributed by atoms with E-state index in [2.05, 4.69) is 0 Å². The lowest BCUT2D eigenvalue weighted by Gasteiger charge is -2.01. The zero-order chi connectivity index (χ0) is 12.4. The van der Waals surface area contributed by atoms with E-state index < -0.39 is 0 Å². The Balaban J connectivity index is 2.21. The van der Waals surface area contributed by atoms with Gasteiger partial charge < -0.3 is 10.2 Å². The molecule has 3 heteroatoms. The summed E-state index contributed by atoms with van der Waals surface area (Å²) in [6.07, 6.45) is 1.13. The molecule has 1 aromatic heterocycles. The van der Waals surface area contributed by atoms with Gasteiger partial charge in [-0.25, -0.2) is 0 Å². The summed E-state index contributed by atoms with van der Waals surface area (Å²) in [6.45, 7) is 3.92. The molecule has 0 aliphatic rings. The molecule has 0 spiro atoms. The lowest BCUT2D eigenvalue weighted by molar-refractivity contribution is 0.0953. The summed E-state index contributed by atoms with van der Waals surface area (Å²) >= 11 is 0. The minimum atomic E-state index is 0.0242. The highest BCUT2D eigenvalue weighted by atomic mass is 16.3. The van der Waals surface area contributed by atoms with Gasteiger partial charge in [-0.05, 0) is 38.5 Å². The molecule has 2 rings (SSSR count). The van der Waals surface area contributed by atoms with Gasteiger partial charge in [-0.2, -0.15) is 0 Å². The number of carbonyl (C=O) groups is 1. The summed E-state index contributed by atoms with van der Waals surface area (Å²) in [7, 11) is 0. The molecule has 0 saturated carbocycles. The topological polar surface area (TPSA) is 56.2 Å². The third kappa shape index (κ3) is 2.74. The molecule has 2 aromatic rings. The van der Waals surface area contributed by atoms with Gasteiger partial charge in [0.15, 0.2) is 11.5 Å². The Morgan fingerprint density at radius 1 is 1.41 bits per heavy atom. The van der Waals surface area contributed by atoms with Crippen LogP contribution in [0.4, 0.5) is 0 Å². The average molecular weight is 231 g/mol. The Bertz CT molecular complexity index is 540. The highest BCUT2D eigenvalue weighted by Crippen LogP contribution is 2.21. The summed E-state index contributed by atoms with van der Waals surface area (Å²) in [4.78, 5) is 11.9. The summed E-state index contributed by atoms with van der Waals surface area (Å²) in [6, 6.07) is 7.74. The number of aryl methyl sites for hydroxylation is 1. The largest absolute Gasteiger partial charge is 0.453 e. The highest BCUT2D eigenvalue weighted by molar-refractivity contribution is 5.97. The maximum absolute atomic E-state index is 11.9. The van der Waals surface area contributed by atoms with E-state index in [4.69, 9.17) is 10.2 Å². The monoisotopic (exact) mass is 231 g/mol. The van der Waals surface area contributed by atoms with Crippen LogP contribution in [0, 0.1) is 6.92 Å². The Morgan fingerprint density at radius 2 is 2.18 bits per heavy atom. The summed E-state index contributed by atoms with van der Waals surface area (Å²) in [5.74, 6) is 0.461. The molecule has 0 bridgehead atoms.